The van der Waals surface area contributed by atoms with Crippen molar-refractivity contribution in [1.29, 1.82) is 0 Å². The van der Waals surface area contributed by atoms with Crippen LogP contribution in [0.1, 0.15) is 29.0 Å². The van der Waals surface area contributed by atoms with Gasteiger partial charge in [-0.05, 0) is 35.4 Å². The van der Waals surface area contributed by atoms with Crippen LogP contribution in [0.4, 0.5) is 10.2 Å². The number of amides is 1. The van der Waals surface area contributed by atoms with Crippen LogP contribution in [0, 0.1) is 5.82 Å². The van der Waals surface area contributed by atoms with E-state index in [4.69, 9.17) is 9.47 Å². The Morgan fingerprint density at radius 1 is 1.13 bits per heavy atom. The van der Waals surface area contributed by atoms with Crippen LogP contribution in [0.2, 0.25) is 0 Å². The average molecular weight is 441 g/mol. The van der Waals surface area contributed by atoms with E-state index in [0.29, 0.717) is 28.0 Å². The highest BCUT2D eigenvalue weighted by Crippen LogP contribution is 2.38. The minimum Gasteiger partial charge on any atom is -0.493 e. The molecule has 0 spiro atoms. The number of methoxy groups -OCH3 is 2. The number of H-pyrrole nitrogens is 1. The van der Waals surface area contributed by atoms with Crippen LogP contribution in [-0.2, 0) is 10.5 Å². The van der Waals surface area contributed by atoms with Crippen LogP contribution in [0.25, 0.3) is 0 Å². The van der Waals surface area contributed by atoms with E-state index in [9.17, 15) is 14.0 Å². The molecule has 4 rings (SSSR count). The number of nitrogens with zero attached hydrogens (tertiary/aromatic N) is 1. The third kappa shape index (κ3) is 4.41. The zero-order valence-corrected chi connectivity index (χ0v) is 17.7. The van der Waals surface area contributed by atoms with E-state index in [0.717, 1.165) is 11.1 Å². The van der Waals surface area contributed by atoms with E-state index in [2.05, 4.69) is 15.3 Å². The first-order chi connectivity index (χ1) is 15.0. The fourth-order valence-corrected chi connectivity index (χ4v) is 4.36. The molecule has 1 atom stereocenters. The molecule has 160 valence electrons. The van der Waals surface area contributed by atoms with Crippen molar-refractivity contribution in [1.82, 2.24) is 9.97 Å². The summed E-state index contributed by atoms with van der Waals surface area (Å²) in [6, 6.07) is 11.5. The van der Waals surface area contributed by atoms with Gasteiger partial charge in [0.15, 0.2) is 16.7 Å². The van der Waals surface area contributed by atoms with E-state index < -0.39 is 5.92 Å². The molecule has 0 aliphatic carbocycles. The fraction of sp³-hybridized carbons (Fsp3) is 0.227. The number of carbonyl (C=O) groups is 1. The first kappa shape index (κ1) is 20.9. The lowest BCUT2D eigenvalue weighted by Crippen LogP contribution is -2.31. The Bertz CT molecular complexity index is 1200. The fourth-order valence-electron chi connectivity index (χ4n) is 3.55. The van der Waals surface area contributed by atoms with Crippen molar-refractivity contribution >= 4 is 23.5 Å². The third-order valence-electron chi connectivity index (χ3n) is 5.00. The molecule has 1 aromatic heterocycles. The standard InChI is InChI=1S/C22H20FN3O4S/c1-29-16-7-6-13(9-17(16)30-2)15-10-18(27)24-20-19(15)21(28)26-22(25-20)31-11-12-4-3-5-14(23)8-12/h3-9,15H,10-11H2,1-2H3,(H2,24,25,26,27,28)/t15-/m1/s1. The highest BCUT2D eigenvalue weighted by Gasteiger charge is 2.31. The summed E-state index contributed by atoms with van der Waals surface area (Å²) in [4.78, 5) is 32.5. The molecule has 0 unspecified atom stereocenters. The van der Waals surface area contributed by atoms with Gasteiger partial charge in [0.05, 0.1) is 19.8 Å². The lowest BCUT2D eigenvalue weighted by molar-refractivity contribution is -0.116. The zero-order valence-electron chi connectivity index (χ0n) is 16.9. The van der Waals surface area contributed by atoms with Crippen LogP contribution < -0.4 is 20.3 Å². The molecule has 2 aromatic carbocycles. The molecule has 2 heterocycles. The predicted octanol–water partition coefficient (Wildman–Crippen LogP) is 3.69. The quantitative estimate of drug-likeness (QED) is 0.448. The van der Waals surface area contributed by atoms with Gasteiger partial charge >= 0.3 is 0 Å². The van der Waals surface area contributed by atoms with Crippen molar-refractivity contribution in [2.75, 3.05) is 19.5 Å². The van der Waals surface area contributed by atoms with E-state index in [1.54, 1.807) is 37.4 Å². The second-order valence-electron chi connectivity index (χ2n) is 6.97. The Hall–Kier alpha value is -3.33. The number of anilines is 1. The van der Waals surface area contributed by atoms with Gasteiger partial charge in [-0.3, -0.25) is 9.59 Å². The normalized spacial score (nSPS) is 15.2. The van der Waals surface area contributed by atoms with Crippen LogP contribution in [0.3, 0.4) is 0 Å². The maximum atomic E-state index is 13.4. The molecule has 7 nitrogen and oxygen atoms in total. The van der Waals surface area contributed by atoms with Crippen LogP contribution in [0.5, 0.6) is 11.5 Å². The van der Waals surface area contributed by atoms with Gasteiger partial charge in [0.1, 0.15) is 11.6 Å². The van der Waals surface area contributed by atoms with Crippen molar-refractivity contribution in [2.24, 2.45) is 0 Å². The number of aromatic nitrogens is 2. The number of hydrogen-bond acceptors (Lipinski definition) is 6. The van der Waals surface area contributed by atoms with Crippen LogP contribution >= 0.6 is 11.8 Å². The average Bonchev–Trinajstić information content (AvgIpc) is 2.76. The number of rotatable bonds is 6. The first-order valence-electron chi connectivity index (χ1n) is 9.51. The minimum atomic E-state index is -0.470. The number of nitrogens with one attached hydrogen (secondary N) is 2. The molecule has 1 aliphatic rings. The van der Waals surface area contributed by atoms with Gasteiger partial charge in [-0.25, -0.2) is 9.37 Å². The number of fused-ring (bicyclic) bond motifs is 1. The summed E-state index contributed by atoms with van der Waals surface area (Å²) < 4.78 is 24.0. The zero-order chi connectivity index (χ0) is 22.0. The Balaban J connectivity index is 1.66. The topological polar surface area (TPSA) is 93.3 Å². The second-order valence-corrected chi connectivity index (χ2v) is 7.94. The van der Waals surface area contributed by atoms with Gasteiger partial charge in [0.2, 0.25) is 5.91 Å². The van der Waals surface area contributed by atoms with Gasteiger partial charge in [0.25, 0.3) is 5.56 Å². The maximum absolute atomic E-state index is 13.4. The van der Waals surface area contributed by atoms with Crippen molar-refractivity contribution < 1.29 is 18.7 Å². The molecule has 9 heteroatoms. The molecule has 0 saturated carbocycles. The van der Waals surface area contributed by atoms with E-state index >= 15 is 0 Å². The highest BCUT2D eigenvalue weighted by atomic mass is 32.2. The summed E-state index contributed by atoms with van der Waals surface area (Å²) in [6.07, 6.45) is 0.114. The summed E-state index contributed by atoms with van der Waals surface area (Å²) in [5, 5.41) is 3.05. The summed E-state index contributed by atoms with van der Waals surface area (Å²) in [6.45, 7) is 0. The number of carbonyl (C=O) groups excluding carboxylic acids is 1. The van der Waals surface area contributed by atoms with Gasteiger partial charge in [-0.2, -0.15) is 0 Å². The molecule has 3 aromatic rings. The number of hydrogen-bond donors (Lipinski definition) is 2. The Morgan fingerprint density at radius 2 is 1.94 bits per heavy atom. The summed E-state index contributed by atoms with van der Waals surface area (Å²) in [7, 11) is 3.07. The minimum absolute atomic E-state index is 0.114. The Labute approximate surface area is 182 Å². The lowest BCUT2D eigenvalue weighted by atomic mass is 9.86. The Morgan fingerprint density at radius 3 is 2.68 bits per heavy atom. The van der Waals surface area contributed by atoms with Crippen molar-refractivity contribution in [2.45, 2.75) is 23.2 Å². The predicted molar refractivity (Wildman–Crippen MR) is 115 cm³/mol. The largest absolute Gasteiger partial charge is 0.493 e. The third-order valence-corrected chi connectivity index (χ3v) is 5.95. The molecular weight excluding hydrogens is 421 g/mol. The molecule has 1 aliphatic heterocycles. The van der Waals surface area contributed by atoms with Crippen molar-refractivity contribution in [3.8, 4) is 11.5 Å². The molecule has 1 amide bonds. The van der Waals surface area contributed by atoms with Gasteiger partial charge in [-0.15, -0.1) is 0 Å². The monoisotopic (exact) mass is 441 g/mol. The molecule has 0 radical (unpaired) electrons. The number of thioether (sulfide) groups is 1. The van der Waals surface area contributed by atoms with Gasteiger partial charge in [-0.1, -0.05) is 30.0 Å². The molecule has 31 heavy (non-hydrogen) atoms. The molecule has 0 fully saturated rings. The summed E-state index contributed by atoms with van der Waals surface area (Å²) in [5.74, 6) is 0.708. The second kappa shape index (κ2) is 8.81. The number of aromatic amines is 1. The molecule has 2 N–H and O–H groups in total. The molecule has 0 saturated heterocycles. The molecule has 0 bridgehead atoms. The van der Waals surface area contributed by atoms with Crippen molar-refractivity contribution in [3.63, 3.8) is 0 Å². The van der Waals surface area contributed by atoms with Crippen molar-refractivity contribution in [3.05, 3.63) is 75.3 Å². The number of ether oxygens (including phenoxy) is 2. The number of halogens is 1. The molecular formula is C22H20FN3O4S. The Kier molecular flexibility index (Phi) is 5.94. The SMILES string of the molecule is COc1ccc([C@H]2CC(=O)Nc3nc(SCc4cccc(F)c4)[nH]c(=O)c32)cc1OC. The van der Waals surface area contributed by atoms with Crippen LogP contribution in [-0.4, -0.2) is 30.1 Å². The smallest absolute Gasteiger partial charge is 0.257 e. The van der Waals surface area contributed by atoms with Gasteiger partial charge in [0, 0.05) is 18.1 Å². The lowest BCUT2D eigenvalue weighted by Gasteiger charge is -2.25. The number of benzene rings is 2. The van der Waals surface area contributed by atoms with E-state index in [1.165, 1.54) is 31.0 Å². The van der Waals surface area contributed by atoms with Gasteiger partial charge < -0.3 is 19.8 Å². The highest BCUT2D eigenvalue weighted by molar-refractivity contribution is 7.98. The maximum Gasteiger partial charge on any atom is 0.257 e. The van der Waals surface area contributed by atoms with E-state index in [-0.39, 0.29) is 29.5 Å². The summed E-state index contributed by atoms with van der Waals surface area (Å²) >= 11 is 1.26. The van der Waals surface area contributed by atoms with E-state index in [1.807, 2.05) is 0 Å². The first-order valence-corrected chi connectivity index (χ1v) is 10.5. The van der Waals surface area contributed by atoms with Crippen LogP contribution in [0.15, 0.2) is 52.4 Å². The summed E-state index contributed by atoms with van der Waals surface area (Å²) in [5.41, 5.74) is 1.58.